The molecule has 4 heteroatoms. The zero-order valence-electron chi connectivity index (χ0n) is 12.1. The van der Waals surface area contributed by atoms with Crippen LogP contribution in [0.3, 0.4) is 0 Å². The van der Waals surface area contributed by atoms with Crippen molar-refractivity contribution in [2.24, 2.45) is 5.92 Å². The molecule has 1 fully saturated rings. The van der Waals surface area contributed by atoms with Crippen molar-refractivity contribution < 1.29 is 4.79 Å². The minimum atomic E-state index is 0.0834. The molecule has 1 saturated heterocycles. The molecule has 0 aromatic heterocycles. The molecule has 2 aliphatic rings. The van der Waals surface area contributed by atoms with Crippen molar-refractivity contribution in [3.63, 3.8) is 0 Å². The second-order valence-electron chi connectivity index (χ2n) is 5.99. The number of hydrogen-bond acceptors (Lipinski definition) is 3. The maximum absolute atomic E-state index is 12.4. The minimum Gasteiger partial charge on any atom is -0.385 e. The Morgan fingerprint density at radius 3 is 3.20 bits per heavy atom. The quantitative estimate of drug-likeness (QED) is 0.881. The Hall–Kier alpha value is -1.55. The monoisotopic (exact) mass is 273 g/mol. The first-order chi connectivity index (χ1) is 9.74. The fraction of sp³-hybridized carbons (Fsp3) is 0.562. The predicted octanol–water partition coefficient (Wildman–Crippen LogP) is 1.73. The van der Waals surface area contributed by atoms with E-state index < -0.39 is 0 Å². The molecule has 1 amide bonds. The molecule has 2 heterocycles. The summed E-state index contributed by atoms with van der Waals surface area (Å²) in [5, 5.41) is 6.49. The fourth-order valence-corrected chi connectivity index (χ4v) is 3.25. The van der Waals surface area contributed by atoms with Gasteiger partial charge in [-0.05, 0) is 56.5 Å². The van der Waals surface area contributed by atoms with E-state index >= 15 is 0 Å². The molecule has 2 aliphatic heterocycles. The van der Waals surface area contributed by atoms with Gasteiger partial charge in [0.1, 0.15) is 0 Å². The second-order valence-corrected chi connectivity index (χ2v) is 5.99. The topological polar surface area (TPSA) is 44.4 Å². The van der Waals surface area contributed by atoms with Crippen LogP contribution in [0.15, 0.2) is 18.2 Å². The van der Waals surface area contributed by atoms with E-state index in [9.17, 15) is 4.79 Å². The molecule has 108 valence electrons. The van der Waals surface area contributed by atoms with Crippen molar-refractivity contribution in [2.45, 2.75) is 19.3 Å². The highest BCUT2D eigenvalue weighted by Crippen LogP contribution is 2.25. The maximum Gasteiger partial charge on any atom is 0.251 e. The molecular formula is C16H23N3O. The Labute approximate surface area is 120 Å². The molecule has 1 atom stereocenters. The van der Waals surface area contributed by atoms with Gasteiger partial charge in [0.15, 0.2) is 0 Å². The molecule has 3 rings (SSSR count). The number of nitrogens with zero attached hydrogens (tertiary/aromatic N) is 1. The van der Waals surface area contributed by atoms with Crippen LogP contribution in [-0.4, -0.2) is 44.0 Å². The van der Waals surface area contributed by atoms with Crippen LogP contribution < -0.4 is 10.6 Å². The van der Waals surface area contributed by atoms with E-state index in [2.05, 4.69) is 28.6 Å². The summed E-state index contributed by atoms with van der Waals surface area (Å²) in [5.41, 5.74) is 3.16. The lowest BCUT2D eigenvalue weighted by molar-refractivity contribution is 0.0946. The predicted molar refractivity (Wildman–Crippen MR) is 81.2 cm³/mol. The number of nitrogens with one attached hydrogen (secondary N) is 2. The molecule has 0 aliphatic carbocycles. The Morgan fingerprint density at radius 1 is 1.50 bits per heavy atom. The average Bonchev–Trinajstić information content (AvgIpc) is 2.90. The van der Waals surface area contributed by atoms with Crippen LogP contribution >= 0.6 is 0 Å². The smallest absolute Gasteiger partial charge is 0.251 e. The number of rotatable bonds is 3. The van der Waals surface area contributed by atoms with Gasteiger partial charge in [0, 0.05) is 30.9 Å². The summed E-state index contributed by atoms with van der Waals surface area (Å²) in [7, 11) is 2.14. The Balaban J connectivity index is 1.65. The molecule has 0 radical (unpaired) electrons. The number of hydrogen-bond donors (Lipinski definition) is 2. The van der Waals surface area contributed by atoms with E-state index in [1.165, 1.54) is 12.0 Å². The molecule has 0 bridgehead atoms. The molecule has 4 nitrogen and oxygen atoms in total. The Kier molecular flexibility index (Phi) is 3.92. The van der Waals surface area contributed by atoms with E-state index in [0.29, 0.717) is 5.92 Å². The van der Waals surface area contributed by atoms with E-state index in [1.54, 1.807) is 0 Å². The van der Waals surface area contributed by atoms with E-state index in [4.69, 9.17) is 0 Å². The van der Waals surface area contributed by atoms with Crippen LogP contribution in [0.5, 0.6) is 0 Å². The number of benzene rings is 1. The van der Waals surface area contributed by atoms with Crippen molar-refractivity contribution in [3.8, 4) is 0 Å². The first kappa shape index (κ1) is 13.4. The maximum atomic E-state index is 12.4. The Morgan fingerprint density at radius 2 is 2.40 bits per heavy atom. The van der Waals surface area contributed by atoms with Gasteiger partial charge >= 0.3 is 0 Å². The highest BCUT2D eigenvalue weighted by atomic mass is 16.1. The highest BCUT2D eigenvalue weighted by Gasteiger charge is 2.21. The van der Waals surface area contributed by atoms with Crippen LogP contribution in [0.4, 0.5) is 5.69 Å². The third-order valence-electron chi connectivity index (χ3n) is 4.38. The van der Waals surface area contributed by atoms with Crippen LogP contribution in [0.2, 0.25) is 0 Å². The van der Waals surface area contributed by atoms with Gasteiger partial charge in [-0.15, -0.1) is 0 Å². The Bertz CT molecular complexity index is 500. The third kappa shape index (κ3) is 2.80. The molecular weight excluding hydrogens is 250 g/mol. The number of carbonyl (C=O) groups is 1. The van der Waals surface area contributed by atoms with Crippen LogP contribution in [-0.2, 0) is 6.42 Å². The van der Waals surface area contributed by atoms with Crippen LogP contribution in [0, 0.1) is 5.92 Å². The number of anilines is 1. The largest absolute Gasteiger partial charge is 0.385 e. The summed E-state index contributed by atoms with van der Waals surface area (Å²) >= 11 is 0. The molecule has 20 heavy (non-hydrogen) atoms. The van der Waals surface area contributed by atoms with Gasteiger partial charge in [-0.25, -0.2) is 0 Å². The van der Waals surface area contributed by atoms with Gasteiger partial charge in [0.25, 0.3) is 5.91 Å². The summed E-state index contributed by atoms with van der Waals surface area (Å²) in [4.78, 5) is 14.7. The van der Waals surface area contributed by atoms with Gasteiger partial charge < -0.3 is 15.5 Å². The zero-order valence-corrected chi connectivity index (χ0v) is 12.1. The molecule has 1 aromatic carbocycles. The van der Waals surface area contributed by atoms with Gasteiger partial charge in [-0.1, -0.05) is 6.07 Å². The van der Waals surface area contributed by atoms with Gasteiger partial charge in [-0.2, -0.15) is 0 Å². The fourth-order valence-electron chi connectivity index (χ4n) is 3.25. The number of likely N-dealkylation sites (tertiary alicyclic amines) is 1. The standard InChI is InChI=1S/C16H23N3O/c1-19-9-7-12(11-19)10-18-16(20)14-4-2-6-15-13(14)5-3-8-17-15/h2,4,6,12,17H,3,5,7-11H2,1H3,(H,18,20). The summed E-state index contributed by atoms with van der Waals surface area (Å²) in [6.45, 7) is 4.03. The molecule has 1 unspecified atom stereocenters. The first-order valence-electron chi connectivity index (χ1n) is 7.56. The van der Waals surface area contributed by atoms with Crippen molar-refractivity contribution in [1.82, 2.24) is 10.2 Å². The molecule has 2 N–H and O–H groups in total. The summed E-state index contributed by atoms with van der Waals surface area (Å²) in [6.07, 6.45) is 3.29. The highest BCUT2D eigenvalue weighted by molar-refractivity contribution is 5.97. The van der Waals surface area contributed by atoms with E-state index in [-0.39, 0.29) is 5.91 Å². The molecule has 0 saturated carbocycles. The van der Waals surface area contributed by atoms with Crippen molar-refractivity contribution in [3.05, 3.63) is 29.3 Å². The first-order valence-corrected chi connectivity index (χ1v) is 7.56. The summed E-state index contributed by atoms with van der Waals surface area (Å²) in [6, 6.07) is 5.98. The van der Waals surface area contributed by atoms with Crippen molar-refractivity contribution in [1.29, 1.82) is 0 Å². The number of amides is 1. The number of fused-ring (bicyclic) bond motifs is 1. The molecule has 0 spiro atoms. The summed E-state index contributed by atoms with van der Waals surface area (Å²) < 4.78 is 0. The van der Waals surface area contributed by atoms with E-state index in [1.807, 2.05) is 12.1 Å². The zero-order chi connectivity index (χ0) is 13.9. The lowest BCUT2D eigenvalue weighted by Gasteiger charge is -2.21. The minimum absolute atomic E-state index is 0.0834. The van der Waals surface area contributed by atoms with Crippen LogP contribution in [0.25, 0.3) is 0 Å². The van der Waals surface area contributed by atoms with Crippen molar-refractivity contribution >= 4 is 11.6 Å². The average molecular weight is 273 g/mol. The van der Waals surface area contributed by atoms with Crippen molar-refractivity contribution in [2.75, 3.05) is 38.5 Å². The van der Waals surface area contributed by atoms with Gasteiger partial charge in [0.2, 0.25) is 0 Å². The van der Waals surface area contributed by atoms with Gasteiger partial charge in [0.05, 0.1) is 0 Å². The lowest BCUT2D eigenvalue weighted by Crippen LogP contribution is -2.31. The lowest BCUT2D eigenvalue weighted by atomic mass is 9.97. The second kappa shape index (κ2) is 5.83. The normalized spacial score (nSPS) is 22.1. The molecule has 1 aromatic rings. The SMILES string of the molecule is CN1CCC(CNC(=O)c2cccc3c2CCCN3)C1. The van der Waals surface area contributed by atoms with Gasteiger partial charge in [-0.3, -0.25) is 4.79 Å². The third-order valence-corrected chi connectivity index (χ3v) is 4.38. The summed E-state index contributed by atoms with van der Waals surface area (Å²) in [5.74, 6) is 0.682. The number of carbonyl (C=O) groups excluding carboxylic acids is 1. The van der Waals surface area contributed by atoms with Crippen LogP contribution in [0.1, 0.15) is 28.8 Å². The van der Waals surface area contributed by atoms with E-state index in [0.717, 1.165) is 50.3 Å².